The van der Waals surface area contributed by atoms with E-state index >= 15 is 0 Å². The van der Waals surface area contributed by atoms with E-state index in [1.165, 1.54) is 6.92 Å². The smallest absolute Gasteiger partial charge is 0.163 e. The lowest BCUT2D eigenvalue weighted by atomic mass is 10.1. The van der Waals surface area contributed by atoms with Gasteiger partial charge in [0.25, 0.3) is 0 Å². The minimum atomic E-state index is -0.0204. The van der Waals surface area contributed by atoms with E-state index in [1.54, 1.807) is 18.2 Å². The van der Waals surface area contributed by atoms with Gasteiger partial charge in [-0.3, -0.25) is 4.79 Å². The molecule has 1 aromatic carbocycles. The lowest BCUT2D eigenvalue weighted by Crippen LogP contribution is -2.02. The summed E-state index contributed by atoms with van der Waals surface area (Å²) in [7, 11) is 0. The highest BCUT2D eigenvalue weighted by molar-refractivity contribution is 6.31. The van der Waals surface area contributed by atoms with E-state index < -0.39 is 0 Å². The highest BCUT2D eigenvalue weighted by atomic mass is 35.5. The van der Waals surface area contributed by atoms with Crippen LogP contribution in [0, 0.1) is 0 Å². The molecule has 0 aliphatic rings. The Bertz CT molecular complexity index is 361. The summed E-state index contributed by atoms with van der Waals surface area (Å²) >= 11 is 5.84. The fourth-order valence-corrected chi connectivity index (χ4v) is 1.61. The zero-order valence-corrected chi connectivity index (χ0v) is 10.5. The molecule has 3 heteroatoms. The lowest BCUT2D eigenvalue weighted by molar-refractivity contribution is 0.101. The van der Waals surface area contributed by atoms with Crippen LogP contribution in [0.25, 0.3) is 0 Å². The summed E-state index contributed by atoms with van der Waals surface area (Å²) in [6, 6.07) is 5.15. The average molecular weight is 241 g/mol. The SMILES string of the molecule is CCCCCOc1ccc(Cl)cc1C(C)=O. The van der Waals surface area contributed by atoms with Crippen LogP contribution in [0.3, 0.4) is 0 Å². The third kappa shape index (κ3) is 3.86. The Morgan fingerprint density at radius 1 is 1.38 bits per heavy atom. The molecule has 0 saturated heterocycles. The summed E-state index contributed by atoms with van der Waals surface area (Å²) in [5.74, 6) is 0.612. The minimum absolute atomic E-state index is 0.0204. The summed E-state index contributed by atoms with van der Waals surface area (Å²) in [5.41, 5.74) is 0.559. The van der Waals surface area contributed by atoms with Crippen molar-refractivity contribution in [2.75, 3.05) is 6.61 Å². The van der Waals surface area contributed by atoms with Crippen molar-refractivity contribution in [2.24, 2.45) is 0 Å². The number of Topliss-reactive ketones (excluding diaryl/α,β-unsaturated/α-hetero) is 1. The van der Waals surface area contributed by atoms with Crippen LogP contribution in [0.2, 0.25) is 5.02 Å². The zero-order valence-electron chi connectivity index (χ0n) is 9.75. The number of carbonyl (C=O) groups is 1. The van der Waals surface area contributed by atoms with Crippen LogP contribution >= 0.6 is 11.6 Å². The van der Waals surface area contributed by atoms with Gasteiger partial charge in [0, 0.05) is 5.02 Å². The molecule has 0 unspecified atom stereocenters. The molecule has 0 fully saturated rings. The minimum Gasteiger partial charge on any atom is -0.493 e. The van der Waals surface area contributed by atoms with Crippen LogP contribution in [-0.2, 0) is 0 Å². The monoisotopic (exact) mass is 240 g/mol. The number of ketones is 1. The van der Waals surface area contributed by atoms with Gasteiger partial charge < -0.3 is 4.74 Å². The number of hydrogen-bond acceptors (Lipinski definition) is 2. The van der Waals surface area contributed by atoms with Crippen molar-refractivity contribution < 1.29 is 9.53 Å². The van der Waals surface area contributed by atoms with E-state index in [0.717, 1.165) is 19.3 Å². The van der Waals surface area contributed by atoms with Gasteiger partial charge in [0.1, 0.15) is 5.75 Å². The van der Waals surface area contributed by atoms with Gasteiger partial charge in [-0.05, 0) is 31.5 Å². The molecule has 0 radical (unpaired) electrons. The van der Waals surface area contributed by atoms with Crippen molar-refractivity contribution in [3.63, 3.8) is 0 Å². The van der Waals surface area contributed by atoms with Crippen LogP contribution in [-0.4, -0.2) is 12.4 Å². The van der Waals surface area contributed by atoms with E-state index in [0.29, 0.717) is 22.9 Å². The number of carbonyl (C=O) groups excluding carboxylic acids is 1. The van der Waals surface area contributed by atoms with E-state index in [1.807, 2.05) is 0 Å². The predicted octanol–water partition coefficient (Wildman–Crippen LogP) is 4.11. The summed E-state index contributed by atoms with van der Waals surface area (Å²) in [4.78, 5) is 11.4. The molecular weight excluding hydrogens is 224 g/mol. The van der Waals surface area contributed by atoms with E-state index in [-0.39, 0.29) is 5.78 Å². The van der Waals surface area contributed by atoms with Gasteiger partial charge in [-0.2, -0.15) is 0 Å². The van der Waals surface area contributed by atoms with Crippen molar-refractivity contribution in [1.29, 1.82) is 0 Å². The van der Waals surface area contributed by atoms with Crippen LogP contribution < -0.4 is 4.74 Å². The Morgan fingerprint density at radius 2 is 2.12 bits per heavy atom. The Labute approximate surface area is 102 Å². The van der Waals surface area contributed by atoms with Crippen molar-refractivity contribution >= 4 is 17.4 Å². The van der Waals surface area contributed by atoms with Crippen LogP contribution in [0.5, 0.6) is 5.75 Å². The molecule has 16 heavy (non-hydrogen) atoms. The molecule has 0 N–H and O–H groups in total. The fraction of sp³-hybridized carbons (Fsp3) is 0.462. The Hall–Kier alpha value is -1.02. The molecular formula is C13H17ClO2. The first-order valence-corrected chi connectivity index (χ1v) is 5.96. The van der Waals surface area contributed by atoms with Crippen molar-refractivity contribution in [1.82, 2.24) is 0 Å². The number of benzene rings is 1. The van der Waals surface area contributed by atoms with Gasteiger partial charge in [-0.25, -0.2) is 0 Å². The molecule has 0 saturated carbocycles. The topological polar surface area (TPSA) is 26.3 Å². The maximum absolute atomic E-state index is 11.4. The number of halogens is 1. The third-order valence-corrected chi connectivity index (χ3v) is 2.56. The summed E-state index contributed by atoms with van der Waals surface area (Å²) < 4.78 is 5.58. The average Bonchev–Trinajstić information content (AvgIpc) is 2.26. The zero-order chi connectivity index (χ0) is 12.0. The van der Waals surface area contributed by atoms with E-state index in [2.05, 4.69) is 6.92 Å². The molecule has 88 valence electrons. The molecule has 0 heterocycles. The van der Waals surface area contributed by atoms with Gasteiger partial charge in [-0.1, -0.05) is 31.4 Å². The maximum Gasteiger partial charge on any atom is 0.163 e. The first-order valence-electron chi connectivity index (χ1n) is 5.58. The van der Waals surface area contributed by atoms with Crippen molar-refractivity contribution in [3.8, 4) is 5.75 Å². The molecule has 0 amide bonds. The van der Waals surface area contributed by atoms with E-state index in [4.69, 9.17) is 16.3 Å². The molecule has 0 aliphatic heterocycles. The number of rotatable bonds is 6. The van der Waals surface area contributed by atoms with Crippen LogP contribution in [0.1, 0.15) is 43.5 Å². The second-order valence-electron chi connectivity index (χ2n) is 3.75. The van der Waals surface area contributed by atoms with Crippen molar-refractivity contribution in [2.45, 2.75) is 33.1 Å². The van der Waals surface area contributed by atoms with E-state index in [9.17, 15) is 4.79 Å². The van der Waals surface area contributed by atoms with Gasteiger partial charge in [0.15, 0.2) is 5.78 Å². The van der Waals surface area contributed by atoms with Gasteiger partial charge >= 0.3 is 0 Å². The molecule has 1 rings (SSSR count). The second-order valence-corrected chi connectivity index (χ2v) is 4.19. The molecule has 2 nitrogen and oxygen atoms in total. The number of unbranched alkanes of at least 4 members (excludes halogenated alkanes) is 2. The van der Waals surface area contributed by atoms with Gasteiger partial charge in [0.2, 0.25) is 0 Å². The molecule has 0 aliphatic carbocycles. The predicted molar refractivity (Wildman–Crippen MR) is 66.5 cm³/mol. The first-order chi connectivity index (χ1) is 7.65. The normalized spacial score (nSPS) is 10.2. The maximum atomic E-state index is 11.4. The molecule has 0 spiro atoms. The Kier molecular flexibility index (Phi) is 5.33. The summed E-state index contributed by atoms with van der Waals surface area (Å²) in [6.45, 7) is 4.31. The quantitative estimate of drug-likeness (QED) is 0.553. The number of hydrogen-bond donors (Lipinski definition) is 0. The van der Waals surface area contributed by atoms with Crippen molar-refractivity contribution in [3.05, 3.63) is 28.8 Å². The fourth-order valence-electron chi connectivity index (χ4n) is 1.44. The largest absolute Gasteiger partial charge is 0.493 e. The van der Waals surface area contributed by atoms with Gasteiger partial charge in [0.05, 0.1) is 12.2 Å². The molecule has 0 atom stereocenters. The molecule has 0 bridgehead atoms. The highest BCUT2D eigenvalue weighted by Gasteiger charge is 2.08. The first kappa shape index (κ1) is 13.0. The van der Waals surface area contributed by atoms with Crippen LogP contribution in [0.4, 0.5) is 0 Å². The molecule has 0 aromatic heterocycles. The summed E-state index contributed by atoms with van der Waals surface area (Å²) in [5, 5.41) is 0.561. The standard InChI is InChI=1S/C13H17ClO2/c1-3-4-5-8-16-13-7-6-11(14)9-12(13)10(2)15/h6-7,9H,3-5,8H2,1-2H3. The highest BCUT2D eigenvalue weighted by Crippen LogP contribution is 2.23. The van der Waals surface area contributed by atoms with Crippen LogP contribution in [0.15, 0.2) is 18.2 Å². The Balaban J connectivity index is 2.67. The molecule has 1 aromatic rings. The van der Waals surface area contributed by atoms with Gasteiger partial charge in [-0.15, -0.1) is 0 Å². The third-order valence-electron chi connectivity index (χ3n) is 2.33. The lowest BCUT2D eigenvalue weighted by Gasteiger charge is -2.09. The second kappa shape index (κ2) is 6.54. The number of ether oxygens (including phenoxy) is 1. The Morgan fingerprint density at radius 3 is 2.75 bits per heavy atom. The summed E-state index contributed by atoms with van der Waals surface area (Å²) in [6.07, 6.45) is 3.31.